The number of rotatable bonds is 6. The Morgan fingerprint density at radius 1 is 1.19 bits per heavy atom. The summed E-state index contributed by atoms with van der Waals surface area (Å²) in [6.07, 6.45) is 6.35. The molecule has 1 aliphatic heterocycles. The largest absolute Gasteiger partial charge is 0.380 e. The van der Waals surface area contributed by atoms with Crippen LogP contribution < -0.4 is 5.32 Å². The fourth-order valence-corrected chi connectivity index (χ4v) is 4.00. The number of fused-ring (bicyclic) bond motifs is 1. The molecule has 1 aliphatic carbocycles. The summed E-state index contributed by atoms with van der Waals surface area (Å²) in [6.45, 7) is 2.63. The van der Waals surface area contributed by atoms with E-state index in [9.17, 15) is 4.39 Å². The number of likely N-dealkylation sites (tertiary alicyclic amines) is 1. The van der Waals surface area contributed by atoms with Gasteiger partial charge in [-0.05, 0) is 50.9 Å². The molecule has 5 rings (SSSR count). The van der Waals surface area contributed by atoms with Crippen LogP contribution in [-0.4, -0.2) is 44.3 Å². The second kappa shape index (κ2) is 6.88. The summed E-state index contributed by atoms with van der Waals surface area (Å²) >= 11 is 0. The summed E-state index contributed by atoms with van der Waals surface area (Å²) in [4.78, 5) is 2.37. The molecule has 7 heteroatoms. The van der Waals surface area contributed by atoms with Crippen molar-refractivity contribution in [2.75, 3.05) is 25.0 Å². The maximum Gasteiger partial charge on any atom is 0.200 e. The van der Waals surface area contributed by atoms with Crippen LogP contribution in [0.5, 0.6) is 0 Å². The van der Waals surface area contributed by atoms with Crippen LogP contribution in [0.3, 0.4) is 0 Å². The highest BCUT2D eigenvalue weighted by Gasteiger charge is 2.28. The lowest BCUT2D eigenvalue weighted by Crippen LogP contribution is -2.31. The summed E-state index contributed by atoms with van der Waals surface area (Å²) in [5.74, 6) is 0.399. The van der Waals surface area contributed by atoms with Crippen LogP contribution in [0, 0.1) is 5.82 Å². The number of nitrogens with zero attached hydrogens (tertiary/aromatic N) is 5. The minimum Gasteiger partial charge on any atom is -0.380 e. The van der Waals surface area contributed by atoms with Crippen LogP contribution >= 0.6 is 0 Å². The molecule has 1 aromatic carbocycles. The predicted molar refractivity (Wildman–Crippen MR) is 101 cm³/mol. The van der Waals surface area contributed by atoms with Crippen molar-refractivity contribution in [3.63, 3.8) is 0 Å². The molecule has 140 valence electrons. The number of benzene rings is 1. The topological polar surface area (TPSA) is 58.4 Å². The van der Waals surface area contributed by atoms with Crippen molar-refractivity contribution in [2.45, 2.75) is 37.6 Å². The van der Waals surface area contributed by atoms with Crippen LogP contribution in [0.1, 0.15) is 48.9 Å². The molecule has 2 aliphatic rings. The van der Waals surface area contributed by atoms with Crippen molar-refractivity contribution in [3.8, 4) is 0 Å². The first kappa shape index (κ1) is 16.6. The van der Waals surface area contributed by atoms with Gasteiger partial charge in [0.2, 0.25) is 5.65 Å². The Morgan fingerprint density at radius 3 is 2.78 bits per heavy atom. The molecule has 1 atom stereocenters. The average molecular weight is 366 g/mol. The molecule has 1 saturated heterocycles. The summed E-state index contributed by atoms with van der Waals surface area (Å²) < 4.78 is 16.2. The van der Waals surface area contributed by atoms with Gasteiger partial charge in [0.25, 0.3) is 0 Å². The van der Waals surface area contributed by atoms with Crippen LogP contribution in [-0.2, 0) is 0 Å². The number of hydrogen-bond acceptors (Lipinski definition) is 5. The van der Waals surface area contributed by atoms with E-state index < -0.39 is 0 Å². The molecule has 1 unspecified atom stereocenters. The van der Waals surface area contributed by atoms with Gasteiger partial charge in [0.05, 0.1) is 17.4 Å². The maximum absolute atomic E-state index is 14.5. The molecule has 2 fully saturated rings. The molecule has 0 amide bonds. The Morgan fingerprint density at radius 2 is 2.00 bits per heavy atom. The van der Waals surface area contributed by atoms with Crippen molar-refractivity contribution < 1.29 is 4.39 Å². The van der Waals surface area contributed by atoms with E-state index in [1.165, 1.54) is 25.7 Å². The zero-order chi connectivity index (χ0) is 18.2. The lowest BCUT2D eigenvalue weighted by molar-refractivity contribution is 0.250. The van der Waals surface area contributed by atoms with Gasteiger partial charge in [-0.3, -0.25) is 4.90 Å². The van der Waals surface area contributed by atoms with E-state index in [4.69, 9.17) is 0 Å². The van der Waals surface area contributed by atoms with Crippen molar-refractivity contribution in [3.05, 3.63) is 53.7 Å². The molecule has 1 saturated carbocycles. The summed E-state index contributed by atoms with van der Waals surface area (Å²) in [5, 5.41) is 16.3. The molecule has 6 nitrogen and oxygen atoms in total. The van der Waals surface area contributed by atoms with E-state index in [-0.39, 0.29) is 11.9 Å². The SMILES string of the molecule is Fc1ccccc1C(CNc1cc(C2CC2)nn2cnnc12)N1CCCC1. The number of hydrogen-bond donors (Lipinski definition) is 1. The Balaban J connectivity index is 1.45. The molecule has 3 aromatic rings. The van der Waals surface area contributed by atoms with E-state index in [2.05, 4.69) is 31.6 Å². The van der Waals surface area contributed by atoms with Crippen LogP contribution in [0.4, 0.5) is 10.1 Å². The van der Waals surface area contributed by atoms with Gasteiger partial charge in [-0.1, -0.05) is 18.2 Å². The highest BCUT2D eigenvalue weighted by molar-refractivity contribution is 5.67. The molecule has 0 bridgehead atoms. The van der Waals surface area contributed by atoms with Crippen molar-refractivity contribution in [2.24, 2.45) is 0 Å². The normalized spacial score (nSPS) is 18.9. The van der Waals surface area contributed by atoms with Gasteiger partial charge in [-0.15, -0.1) is 10.2 Å². The molecule has 0 radical (unpaired) electrons. The Labute approximate surface area is 157 Å². The molecule has 1 N–H and O–H groups in total. The van der Waals surface area contributed by atoms with Gasteiger partial charge in [-0.2, -0.15) is 9.61 Å². The highest BCUT2D eigenvalue weighted by Crippen LogP contribution is 2.40. The second-order valence-electron chi connectivity index (χ2n) is 7.52. The number of anilines is 1. The first-order valence-electron chi connectivity index (χ1n) is 9.73. The smallest absolute Gasteiger partial charge is 0.200 e. The molecule has 3 heterocycles. The van der Waals surface area contributed by atoms with Gasteiger partial charge in [0.15, 0.2) is 0 Å². The zero-order valence-electron chi connectivity index (χ0n) is 15.2. The standard InChI is InChI=1S/C20H23FN6/c21-16-6-2-1-5-15(16)19(26-9-3-4-10-26)12-22-18-11-17(14-7-8-14)25-27-13-23-24-20(18)27/h1-2,5-6,11,13-14,19,22H,3-4,7-10,12H2. The first-order valence-corrected chi connectivity index (χ1v) is 9.73. The lowest BCUT2D eigenvalue weighted by atomic mass is 10.0. The van der Waals surface area contributed by atoms with E-state index in [0.717, 1.165) is 30.0 Å². The Kier molecular flexibility index (Phi) is 4.24. The van der Waals surface area contributed by atoms with Gasteiger partial charge in [0.1, 0.15) is 12.1 Å². The van der Waals surface area contributed by atoms with Gasteiger partial charge in [0, 0.05) is 18.0 Å². The van der Waals surface area contributed by atoms with Gasteiger partial charge < -0.3 is 5.32 Å². The molecular weight excluding hydrogens is 343 g/mol. The Hall–Kier alpha value is -2.54. The number of aromatic nitrogens is 4. The van der Waals surface area contributed by atoms with Gasteiger partial charge in [-0.25, -0.2) is 4.39 Å². The molecule has 0 spiro atoms. The highest BCUT2D eigenvalue weighted by atomic mass is 19.1. The quantitative estimate of drug-likeness (QED) is 0.725. The van der Waals surface area contributed by atoms with Gasteiger partial charge >= 0.3 is 0 Å². The number of nitrogens with one attached hydrogen (secondary N) is 1. The number of halogens is 1. The summed E-state index contributed by atoms with van der Waals surface area (Å²) in [7, 11) is 0. The first-order chi connectivity index (χ1) is 13.3. The fraction of sp³-hybridized carbons (Fsp3) is 0.450. The van der Waals surface area contributed by atoms with Crippen molar-refractivity contribution >= 4 is 11.3 Å². The zero-order valence-corrected chi connectivity index (χ0v) is 15.2. The fourth-order valence-electron chi connectivity index (χ4n) is 4.00. The second-order valence-corrected chi connectivity index (χ2v) is 7.52. The summed E-state index contributed by atoms with van der Waals surface area (Å²) in [5.41, 5.74) is 3.47. The van der Waals surface area contributed by atoms with Crippen LogP contribution in [0.2, 0.25) is 0 Å². The van der Waals surface area contributed by atoms with E-state index >= 15 is 0 Å². The van der Waals surface area contributed by atoms with Crippen LogP contribution in [0.15, 0.2) is 36.7 Å². The van der Waals surface area contributed by atoms with Crippen LogP contribution in [0.25, 0.3) is 5.65 Å². The van der Waals surface area contributed by atoms with E-state index in [1.807, 2.05) is 12.1 Å². The monoisotopic (exact) mass is 366 g/mol. The van der Waals surface area contributed by atoms with Crippen molar-refractivity contribution in [1.82, 2.24) is 24.7 Å². The third-order valence-corrected chi connectivity index (χ3v) is 5.61. The molecular formula is C20H23FN6. The predicted octanol–water partition coefficient (Wildman–Crippen LogP) is 3.39. The lowest BCUT2D eigenvalue weighted by Gasteiger charge is -2.29. The Bertz CT molecular complexity index is 945. The van der Waals surface area contributed by atoms with E-state index in [0.29, 0.717) is 18.1 Å². The summed E-state index contributed by atoms with van der Waals surface area (Å²) in [6, 6.07) is 9.19. The third kappa shape index (κ3) is 3.27. The molecule has 27 heavy (non-hydrogen) atoms. The van der Waals surface area contributed by atoms with Crippen molar-refractivity contribution in [1.29, 1.82) is 0 Å². The minimum atomic E-state index is -0.141. The minimum absolute atomic E-state index is 0.00536. The van der Waals surface area contributed by atoms with E-state index in [1.54, 1.807) is 23.0 Å². The molecule has 2 aromatic heterocycles. The maximum atomic E-state index is 14.5. The average Bonchev–Trinajstić information content (AvgIpc) is 3.18. The third-order valence-electron chi connectivity index (χ3n) is 5.61.